The maximum atomic E-state index is 12.6. The summed E-state index contributed by atoms with van der Waals surface area (Å²) < 4.78 is 5.02. The van der Waals surface area contributed by atoms with Crippen LogP contribution in [0.5, 0.6) is 0 Å². The molecule has 0 radical (unpaired) electrons. The normalized spacial score (nSPS) is 21.0. The van der Waals surface area contributed by atoms with Gasteiger partial charge in [-0.3, -0.25) is 19.7 Å². The van der Waals surface area contributed by atoms with Crippen LogP contribution in [-0.2, 0) is 9.53 Å². The zero-order valence-corrected chi connectivity index (χ0v) is 12.7. The number of carboxylic acid groups (broad SMARTS) is 1. The number of methoxy groups -OCH3 is 1. The SMILES string of the molecule is COCC1(C(=O)O)CCCN(C(=O)c2cccc([N+](=O)[O-])c2)C1. The van der Waals surface area contributed by atoms with Gasteiger partial charge in [-0.1, -0.05) is 6.07 Å². The number of nitro groups is 1. The molecule has 2 rings (SSSR count). The smallest absolute Gasteiger partial charge is 0.313 e. The number of hydrogen-bond donors (Lipinski definition) is 1. The number of hydrogen-bond acceptors (Lipinski definition) is 5. The zero-order valence-electron chi connectivity index (χ0n) is 12.7. The highest BCUT2D eigenvalue weighted by molar-refractivity contribution is 5.95. The van der Waals surface area contributed by atoms with Crippen LogP contribution in [0.25, 0.3) is 0 Å². The first kappa shape index (κ1) is 16.9. The van der Waals surface area contributed by atoms with E-state index in [9.17, 15) is 24.8 Å². The third kappa shape index (κ3) is 3.48. The van der Waals surface area contributed by atoms with Crippen LogP contribution in [0.15, 0.2) is 24.3 Å². The van der Waals surface area contributed by atoms with Crippen LogP contribution in [0.2, 0.25) is 0 Å². The van der Waals surface area contributed by atoms with Gasteiger partial charge < -0.3 is 14.7 Å². The van der Waals surface area contributed by atoms with Gasteiger partial charge >= 0.3 is 5.97 Å². The van der Waals surface area contributed by atoms with E-state index in [0.29, 0.717) is 19.4 Å². The maximum absolute atomic E-state index is 12.6. The molecular weight excluding hydrogens is 304 g/mol. The lowest BCUT2D eigenvalue weighted by atomic mass is 9.80. The zero-order chi connectivity index (χ0) is 17.0. The maximum Gasteiger partial charge on any atom is 0.313 e. The molecule has 1 aromatic rings. The summed E-state index contributed by atoms with van der Waals surface area (Å²) in [6.45, 7) is 0.457. The van der Waals surface area contributed by atoms with Crippen molar-refractivity contribution in [3.8, 4) is 0 Å². The highest BCUT2D eigenvalue weighted by atomic mass is 16.6. The Labute approximate surface area is 132 Å². The Morgan fingerprint density at radius 1 is 1.48 bits per heavy atom. The van der Waals surface area contributed by atoms with Crippen LogP contribution in [0.4, 0.5) is 5.69 Å². The van der Waals surface area contributed by atoms with Gasteiger partial charge in [-0.25, -0.2) is 0 Å². The van der Waals surface area contributed by atoms with Gasteiger partial charge in [0.15, 0.2) is 0 Å². The molecule has 0 saturated carbocycles. The Kier molecular flexibility index (Phi) is 4.95. The minimum atomic E-state index is -1.14. The summed E-state index contributed by atoms with van der Waals surface area (Å²) in [6.07, 6.45) is 0.964. The van der Waals surface area contributed by atoms with Crippen molar-refractivity contribution >= 4 is 17.6 Å². The van der Waals surface area contributed by atoms with Gasteiger partial charge in [0.2, 0.25) is 0 Å². The molecule has 0 spiro atoms. The number of ether oxygens (including phenoxy) is 1. The van der Waals surface area contributed by atoms with Crippen LogP contribution >= 0.6 is 0 Å². The molecule has 0 aliphatic carbocycles. The summed E-state index contributed by atoms with van der Waals surface area (Å²) in [5, 5.41) is 20.3. The van der Waals surface area contributed by atoms with E-state index in [1.807, 2.05) is 0 Å². The van der Waals surface area contributed by atoms with Crippen LogP contribution in [0, 0.1) is 15.5 Å². The number of carbonyl (C=O) groups excluding carboxylic acids is 1. The lowest BCUT2D eigenvalue weighted by molar-refractivity contribution is -0.384. The lowest BCUT2D eigenvalue weighted by Crippen LogP contribution is -2.52. The molecule has 8 nitrogen and oxygen atoms in total. The van der Waals surface area contributed by atoms with E-state index >= 15 is 0 Å². The first-order chi connectivity index (χ1) is 10.9. The van der Waals surface area contributed by atoms with Gasteiger partial charge in [0.25, 0.3) is 11.6 Å². The molecule has 1 N–H and O–H groups in total. The van der Waals surface area contributed by atoms with E-state index in [0.717, 1.165) is 0 Å². The third-order valence-electron chi connectivity index (χ3n) is 4.04. The van der Waals surface area contributed by atoms with E-state index < -0.39 is 22.2 Å². The third-order valence-corrected chi connectivity index (χ3v) is 4.04. The average molecular weight is 322 g/mol. The van der Waals surface area contributed by atoms with Crippen molar-refractivity contribution in [3.63, 3.8) is 0 Å². The van der Waals surface area contributed by atoms with E-state index in [2.05, 4.69) is 0 Å². The van der Waals surface area contributed by atoms with Crippen molar-refractivity contribution in [2.45, 2.75) is 12.8 Å². The number of non-ortho nitro benzene ring substituents is 1. The monoisotopic (exact) mass is 322 g/mol. The van der Waals surface area contributed by atoms with E-state index in [1.54, 1.807) is 0 Å². The summed E-state index contributed by atoms with van der Waals surface area (Å²) >= 11 is 0. The Balaban J connectivity index is 2.24. The molecule has 0 aromatic heterocycles. The van der Waals surface area contributed by atoms with Crippen molar-refractivity contribution in [2.75, 3.05) is 26.8 Å². The van der Waals surface area contributed by atoms with E-state index in [4.69, 9.17) is 4.74 Å². The van der Waals surface area contributed by atoms with Gasteiger partial charge in [0, 0.05) is 37.9 Å². The predicted octanol–water partition coefficient (Wildman–Crippen LogP) is 1.55. The molecule has 0 bridgehead atoms. The molecule has 1 saturated heterocycles. The molecule has 124 valence electrons. The lowest BCUT2D eigenvalue weighted by Gasteiger charge is -2.39. The van der Waals surface area contributed by atoms with Crippen molar-refractivity contribution in [2.24, 2.45) is 5.41 Å². The Bertz CT molecular complexity index is 628. The molecule has 1 aliphatic rings. The van der Waals surface area contributed by atoms with Crippen molar-refractivity contribution in [1.82, 2.24) is 4.90 Å². The fourth-order valence-corrected chi connectivity index (χ4v) is 2.87. The molecular formula is C15H18N2O6. The van der Waals surface area contributed by atoms with Gasteiger partial charge in [0.1, 0.15) is 5.41 Å². The highest BCUT2D eigenvalue weighted by Gasteiger charge is 2.44. The number of carboxylic acids is 1. The summed E-state index contributed by atoms with van der Waals surface area (Å²) in [7, 11) is 1.42. The summed E-state index contributed by atoms with van der Waals surface area (Å²) in [5.74, 6) is -1.41. The largest absolute Gasteiger partial charge is 0.481 e. The van der Waals surface area contributed by atoms with Gasteiger partial charge in [-0.15, -0.1) is 0 Å². The Morgan fingerprint density at radius 3 is 2.83 bits per heavy atom. The molecule has 1 atom stereocenters. The molecule has 1 fully saturated rings. The van der Waals surface area contributed by atoms with E-state index in [-0.39, 0.29) is 24.4 Å². The molecule has 1 unspecified atom stereocenters. The van der Waals surface area contributed by atoms with Gasteiger partial charge in [0.05, 0.1) is 11.5 Å². The summed E-state index contributed by atoms with van der Waals surface area (Å²) in [6, 6.07) is 5.44. The predicted molar refractivity (Wildman–Crippen MR) is 80.2 cm³/mol. The average Bonchev–Trinajstić information content (AvgIpc) is 2.54. The van der Waals surface area contributed by atoms with Crippen LogP contribution in [0.3, 0.4) is 0 Å². The second-order valence-electron chi connectivity index (χ2n) is 5.66. The summed E-state index contributed by atoms with van der Waals surface area (Å²) in [4.78, 5) is 35.8. The first-order valence-electron chi connectivity index (χ1n) is 7.16. The molecule has 1 heterocycles. The van der Waals surface area contributed by atoms with Crippen LogP contribution < -0.4 is 0 Å². The number of nitrogens with zero attached hydrogens (tertiary/aromatic N) is 2. The number of nitro benzene ring substituents is 1. The Hall–Kier alpha value is -2.48. The second kappa shape index (κ2) is 6.74. The number of likely N-dealkylation sites (tertiary alicyclic amines) is 1. The van der Waals surface area contributed by atoms with Crippen molar-refractivity contribution in [3.05, 3.63) is 39.9 Å². The Morgan fingerprint density at radius 2 is 2.22 bits per heavy atom. The topological polar surface area (TPSA) is 110 Å². The number of amides is 1. The summed E-state index contributed by atoms with van der Waals surface area (Å²) in [5.41, 5.74) is -1.13. The van der Waals surface area contributed by atoms with Crippen LogP contribution in [-0.4, -0.2) is 53.6 Å². The standard InChI is InChI=1S/C15H18N2O6/c1-23-10-15(14(19)20)6-3-7-16(9-15)13(18)11-4-2-5-12(8-11)17(21)22/h2,4-5,8H,3,6-7,9-10H2,1H3,(H,19,20). The molecule has 8 heteroatoms. The minimum Gasteiger partial charge on any atom is -0.481 e. The van der Waals surface area contributed by atoms with Crippen LogP contribution in [0.1, 0.15) is 23.2 Å². The fourth-order valence-electron chi connectivity index (χ4n) is 2.87. The molecule has 23 heavy (non-hydrogen) atoms. The van der Waals surface area contributed by atoms with Gasteiger partial charge in [-0.2, -0.15) is 0 Å². The van der Waals surface area contributed by atoms with E-state index in [1.165, 1.54) is 36.3 Å². The number of carbonyl (C=O) groups is 2. The van der Waals surface area contributed by atoms with Crippen molar-refractivity contribution < 1.29 is 24.4 Å². The number of piperidine rings is 1. The molecule has 1 aromatic carbocycles. The second-order valence-corrected chi connectivity index (χ2v) is 5.66. The quantitative estimate of drug-likeness (QED) is 0.650. The van der Waals surface area contributed by atoms with Gasteiger partial charge in [-0.05, 0) is 18.9 Å². The fraction of sp³-hybridized carbons (Fsp3) is 0.467. The van der Waals surface area contributed by atoms with Crippen molar-refractivity contribution in [1.29, 1.82) is 0 Å². The number of aliphatic carboxylic acids is 1. The molecule has 1 amide bonds. The highest BCUT2D eigenvalue weighted by Crippen LogP contribution is 2.31. The minimum absolute atomic E-state index is 0.0149. The number of benzene rings is 1. The molecule has 1 aliphatic heterocycles. The first-order valence-corrected chi connectivity index (χ1v) is 7.16. The number of rotatable bonds is 5.